The lowest BCUT2D eigenvalue weighted by molar-refractivity contribution is -0.149. The van der Waals surface area contributed by atoms with Gasteiger partial charge < -0.3 is 20.2 Å². The number of hydrogen-bond donors (Lipinski definition) is 3. The summed E-state index contributed by atoms with van der Waals surface area (Å²) in [6, 6.07) is -1.17. The number of carboxylic acids is 2. The van der Waals surface area contributed by atoms with Gasteiger partial charge in [0.15, 0.2) is 0 Å². The van der Waals surface area contributed by atoms with Crippen LogP contribution in [-0.2, 0) is 14.4 Å². The summed E-state index contributed by atoms with van der Waals surface area (Å²) in [6.45, 7) is -0.0462. The molecule has 0 bridgehead atoms. The van der Waals surface area contributed by atoms with E-state index in [0.29, 0.717) is 0 Å². The molecule has 0 aromatic rings. The third kappa shape index (κ3) is 2.93. The first-order valence-electron chi connectivity index (χ1n) is 4.84. The van der Waals surface area contributed by atoms with E-state index in [9.17, 15) is 19.5 Å². The highest BCUT2D eigenvalue weighted by Gasteiger charge is 2.36. The zero-order chi connectivity index (χ0) is 12.3. The number of hydrogen-bond acceptors (Lipinski definition) is 4. The van der Waals surface area contributed by atoms with Crippen LogP contribution in [-0.4, -0.2) is 56.8 Å². The summed E-state index contributed by atoms with van der Waals surface area (Å²) in [4.78, 5) is 33.6. The molecule has 1 saturated heterocycles. The minimum Gasteiger partial charge on any atom is -0.481 e. The van der Waals surface area contributed by atoms with Gasteiger partial charge in [0.05, 0.1) is 12.5 Å². The van der Waals surface area contributed by atoms with Crippen molar-refractivity contribution in [2.45, 2.75) is 31.4 Å². The van der Waals surface area contributed by atoms with E-state index < -0.39 is 30.0 Å². The third-order valence-corrected chi connectivity index (χ3v) is 2.43. The van der Waals surface area contributed by atoms with Crippen LogP contribution in [0.1, 0.15) is 19.3 Å². The lowest BCUT2D eigenvalue weighted by atomic mass is 10.1. The van der Waals surface area contributed by atoms with Gasteiger partial charge in [0.1, 0.15) is 6.04 Å². The largest absolute Gasteiger partial charge is 0.481 e. The van der Waals surface area contributed by atoms with Gasteiger partial charge in [-0.1, -0.05) is 0 Å². The molecule has 0 spiro atoms. The summed E-state index contributed by atoms with van der Waals surface area (Å²) >= 11 is 0. The molecule has 0 aromatic carbocycles. The first-order valence-corrected chi connectivity index (χ1v) is 4.84. The highest BCUT2D eigenvalue weighted by molar-refractivity contribution is 5.85. The molecule has 90 valence electrons. The van der Waals surface area contributed by atoms with Gasteiger partial charge in [-0.05, 0) is 6.42 Å². The maximum atomic E-state index is 11.3. The predicted molar refractivity (Wildman–Crippen MR) is 50.6 cm³/mol. The SMILES string of the molecule is O=C(O)CC[C@@H](C(=O)O)N1CC(O)CC1=O. The summed E-state index contributed by atoms with van der Waals surface area (Å²) in [5, 5.41) is 26.5. The van der Waals surface area contributed by atoms with Crippen molar-refractivity contribution in [2.75, 3.05) is 6.54 Å². The van der Waals surface area contributed by atoms with Crippen LogP contribution < -0.4 is 0 Å². The molecule has 7 nitrogen and oxygen atoms in total. The Balaban J connectivity index is 2.66. The van der Waals surface area contributed by atoms with Crippen molar-refractivity contribution < 1.29 is 29.7 Å². The number of likely N-dealkylation sites (tertiary alicyclic amines) is 1. The number of aliphatic hydroxyl groups excluding tert-OH is 1. The molecule has 0 radical (unpaired) electrons. The number of rotatable bonds is 5. The highest BCUT2D eigenvalue weighted by atomic mass is 16.4. The van der Waals surface area contributed by atoms with E-state index in [1.54, 1.807) is 0 Å². The molecule has 1 aliphatic rings. The lowest BCUT2D eigenvalue weighted by Crippen LogP contribution is -2.42. The van der Waals surface area contributed by atoms with Crippen molar-refractivity contribution in [3.8, 4) is 0 Å². The fourth-order valence-corrected chi connectivity index (χ4v) is 1.69. The van der Waals surface area contributed by atoms with E-state index in [4.69, 9.17) is 10.2 Å². The number of β-amino-alcohol motifs (C(OH)–C–C–N with tert-alkyl or cyclic N) is 1. The van der Waals surface area contributed by atoms with Gasteiger partial charge in [-0.25, -0.2) is 4.79 Å². The van der Waals surface area contributed by atoms with Crippen LogP contribution in [0.15, 0.2) is 0 Å². The third-order valence-electron chi connectivity index (χ3n) is 2.43. The quantitative estimate of drug-likeness (QED) is 0.553. The van der Waals surface area contributed by atoms with Crippen LogP contribution in [0.3, 0.4) is 0 Å². The van der Waals surface area contributed by atoms with Crippen molar-refractivity contribution in [2.24, 2.45) is 0 Å². The molecule has 0 saturated carbocycles. The number of carbonyl (C=O) groups excluding carboxylic acids is 1. The van der Waals surface area contributed by atoms with Crippen LogP contribution in [0.25, 0.3) is 0 Å². The van der Waals surface area contributed by atoms with Crippen molar-refractivity contribution >= 4 is 17.8 Å². The average molecular weight is 231 g/mol. The summed E-state index contributed by atoms with van der Waals surface area (Å²) in [6.07, 6.45) is -1.43. The van der Waals surface area contributed by atoms with Crippen LogP contribution in [0.5, 0.6) is 0 Å². The maximum Gasteiger partial charge on any atom is 0.326 e. The molecule has 3 N–H and O–H groups in total. The number of carboxylic acid groups (broad SMARTS) is 2. The molecule has 1 unspecified atom stereocenters. The molecule has 1 amide bonds. The van der Waals surface area contributed by atoms with Crippen LogP contribution in [0.2, 0.25) is 0 Å². The fraction of sp³-hybridized carbons (Fsp3) is 0.667. The predicted octanol–water partition coefficient (Wildman–Crippen LogP) is -1.10. The van der Waals surface area contributed by atoms with Crippen molar-refractivity contribution in [1.82, 2.24) is 4.90 Å². The van der Waals surface area contributed by atoms with Crippen LogP contribution in [0, 0.1) is 0 Å². The molecule has 1 heterocycles. The molecular formula is C9H13NO6. The molecule has 1 rings (SSSR count). The second-order valence-electron chi connectivity index (χ2n) is 3.69. The minimum atomic E-state index is -1.25. The van der Waals surface area contributed by atoms with Gasteiger partial charge in [-0.15, -0.1) is 0 Å². The fourth-order valence-electron chi connectivity index (χ4n) is 1.69. The first-order chi connectivity index (χ1) is 7.41. The molecule has 7 heteroatoms. The molecular weight excluding hydrogens is 218 g/mol. The van der Waals surface area contributed by atoms with Gasteiger partial charge in [-0.3, -0.25) is 9.59 Å². The standard InChI is InChI=1S/C9H13NO6/c11-5-3-7(12)10(4-5)6(9(15)16)1-2-8(13)14/h5-6,11H,1-4H2,(H,13,14)(H,15,16)/t5?,6-/m0/s1. The molecule has 1 fully saturated rings. The minimum absolute atomic E-state index is 0.0462. The molecule has 0 aliphatic carbocycles. The number of carbonyl (C=O) groups is 3. The van der Waals surface area contributed by atoms with Crippen LogP contribution >= 0.6 is 0 Å². The van der Waals surface area contributed by atoms with E-state index in [0.717, 1.165) is 4.90 Å². The Morgan fingerprint density at radius 1 is 1.44 bits per heavy atom. The van der Waals surface area contributed by atoms with E-state index in [1.165, 1.54) is 0 Å². The summed E-state index contributed by atoms with van der Waals surface area (Å²) in [5.74, 6) is -2.81. The second kappa shape index (κ2) is 4.93. The van der Waals surface area contributed by atoms with E-state index in [2.05, 4.69) is 0 Å². The van der Waals surface area contributed by atoms with Crippen molar-refractivity contribution in [3.05, 3.63) is 0 Å². The summed E-state index contributed by atoms with van der Waals surface area (Å²) in [5.41, 5.74) is 0. The zero-order valence-electron chi connectivity index (χ0n) is 8.50. The Morgan fingerprint density at radius 3 is 2.44 bits per heavy atom. The monoisotopic (exact) mass is 231 g/mol. The van der Waals surface area contributed by atoms with Crippen LogP contribution in [0.4, 0.5) is 0 Å². The molecule has 2 atom stereocenters. The maximum absolute atomic E-state index is 11.3. The van der Waals surface area contributed by atoms with Crippen molar-refractivity contribution in [1.29, 1.82) is 0 Å². The summed E-state index contributed by atoms with van der Waals surface area (Å²) in [7, 11) is 0. The topological polar surface area (TPSA) is 115 Å². The average Bonchev–Trinajstić information content (AvgIpc) is 2.45. The zero-order valence-corrected chi connectivity index (χ0v) is 8.50. The van der Waals surface area contributed by atoms with Gasteiger partial charge in [-0.2, -0.15) is 0 Å². The Labute approximate surface area is 91.3 Å². The number of amides is 1. The van der Waals surface area contributed by atoms with E-state index in [-0.39, 0.29) is 25.8 Å². The number of aliphatic hydroxyl groups is 1. The van der Waals surface area contributed by atoms with Gasteiger partial charge in [0.2, 0.25) is 5.91 Å². The first kappa shape index (κ1) is 12.4. The van der Waals surface area contributed by atoms with E-state index >= 15 is 0 Å². The van der Waals surface area contributed by atoms with E-state index in [1.807, 2.05) is 0 Å². The molecule has 16 heavy (non-hydrogen) atoms. The van der Waals surface area contributed by atoms with Crippen molar-refractivity contribution in [3.63, 3.8) is 0 Å². The smallest absolute Gasteiger partial charge is 0.326 e. The second-order valence-corrected chi connectivity index (χ2v) is 3.69. The summed E-state index contributed by atoms with van der Waals surface area (Å²) < 4.78 is 0. The van der Waals surface area contributed by atoms with Gasteiger partial charge in [0, 0.05) is 13.0 Å². The Kier molecular flexibility index (Phi) is 3.83. The normalized spacial score (nSPS) is 22.2. The van der Waals surface area contributed by atoms with Gasteiger partial charge >= 0.3 is 11.9 Å². The Bertz CT molecular complexity index is 315. The lowest BCUT2D eigenvalue weighted by Gasteiger charge is -2.23. The molecule has 1 aliphatic heterocycles. The Hall–Kier alpha value is -1.63. The Morgan fingerprint density at radius 2 is 2.06 bits per heavy atom. The highest BCUT2D eigenvalue weighted by Crippen LogP contribution is 2.17. The number of nitrogens with zero attached hydrogens (tertiary/aromatic N) is 1. The molecule has 0 aromatic heterocycles. The number of aliphatic carboxylic acids is 2. The van der Waals surface area contributed by atoms with Gasteiger partial charge in [0.25, 0.3) is 0 Å².